The van der Waals surface area contributed by atoms with E-state index >= 15 is 0 Å². The lowest BCUT2D eigenvalue weighted by molar-refractivity contribution is 0.471. The van der Waals surface area contributed by atoms with Crippen LogP contribution in [0.2, 0.25) is 10.0 Å². The molecule has 124 valence electrons. The Balaban J connectivity index is 2.15. The van der Waals surface area contributed by atoms with Crippen molar-refractivity contribution in [2.45, 2.75) is 19.3 Å². The fourth-order valence-corrected chi connectivity index (χ4v) is 4.02. The molecule has 2 heterocycles. The molecule has 0 bridgehead atoms. The topological polar surface area (TPSA) is 53.1 Å². The average Bonchev–Trinajstić information content (AvgIpc) is 3.00. The van der Waals surface area contributed by atoms with Crippen molar-refractivity contribution in [1.29, 1.82) is 0 Å². The number of H-pyrrole nitrogens is 1. The number of aromatic nitrogens is 1. The molecule has 2 N–H and O–H groups in total. The summed E-state index contributed by atoms with van der Waals surface area (Å²) in [6, 6.07) is 10.3. The second kappa shape index (κ2) is 6.28. The largest absolute Gasteiger partial charge is 0.507 e. The third kappa shape index (κ3) is 3.09. The maximum absolute atomic E-state index is 12.6. The van der Waals surface area contributed by atoms with Crippen LogP contribution < -0.4 is 5.56 Å². The minimum Gasteiger partial charge on any atom is -0.507 e. The van der Waals surface area contributed by atoms with E-state index in [4.69, 9.17) is 23.2 Å². The molecule has 0 spiro atoms. The number of hydrogen-bond acceptors (Lipinski definition) is 3. The number of thiophene rings is 1. The quantitative estimate of drug-likeness (QED) is 0.636. The van der Waals surface area contributed by atoms with Gasteiger partial charge in [-0.05, 0) is 49.1 Å². The number of rotatable bonds is 3. The normalized spacial score (nSPS) is 11.7. The van der Waals surface area contributed by atoms with Gasteiger partial charge in [-0.25, -0.2) is 0 Å². The molecule has 0 unspecified atom stereocenters. The van der Waals surface area contributed by atoms with Crippen molar-refractivity contribution in [2.75, 3.05) is 0 Å². The molecule has 3 rings (SSSR count). The lowest BCUT2D eigenvalue weighted by Gasteiger charge is -2.24. The van der Waals surface area contributed by atoms with Crippen LogP contribution in [0.5, 0.6) is 5.75 Å². The van der Waals surface area contributed by atoms with Crippen molar-refractivity contribution in [3.05, 3.63) is 72.7 Å². The van der Waals surface area contributed by atoms with E-state index in [1.54, 1.807) is 35.6 Å². The van der Waals surface area contributed by atoms with Crippen LogP contribution in [-0.4, -0.2) is 10.1 Å². The fourth-order valence-electron chi connectivity index (χ4n) is 2.63. The monoisotopic (exact) mass is 379 g/mol. The summed E-state index contributed by atoms with van der Waals surface area (Å²) in [5.41, 5.74) is 0.476. The molecule has 3 aromatic rings. The lowest BCUT2D eigenvalue weighted by atomic mass is 9.86. The summed E-state index contributed by atoms with van der Waals surface area (Å²) in [7, 11) is 0. The first kappa shape index (κ1) is 17.1. The van der Waals surface area contributed by atoms with E-state index < -0.39 is 5.41 Å². The van der Waals surface area contributed by atoms with Crippen LogP contribution in [0, 0.1) is 0 Å². The molecule has 0 aliphatic rings. The van der Waals surface area contributed by atoms with Gasteiger partial charge in [0.2, 0.25) is 0 Å². The first-order valence-corrected chi connectivity index (χ1v) is 8.90. The molecule has 24 heavy (non-hydrogen) atoms. The van der Waals surface area contributed by atoms with Gasteiger partial charge < -0.3 is 10.1 Å². The van der Waals surface area contributed by atoms with Gasteiger partial charge in [0.05, 0.1) is 5.56 Å². The molecule has 0 saturated heterocycles. The molecule has 0 aliphatic heterocycles. The van der Waals surface area contributed by atoms with Crippen LogP contribution in [0.4, 0.5) is 0 Å². The molecule has 0 fully saturated rings. The van der Waals surface area contributed by atoms with Crippen molar-refractivity contribution in [1.82, 2.24) is 4.98 Å². The van der Waals surface area contributed by atoms with E-state index in [0.717, 1.165) is 4.88 Å². The predicted molar refractivity (Wildman–Crippen MR) is 101 cm³/mol. The summed E-state index contributed by atoms with van der Waals surface area (Å²) < 4.78 is 0. The third-order valence-corrected chi connectivity index (χ3v) is 5.60. The Morgan fingerprint density at radius 1 is 1.12 bits per heavy atom. The average molecular weight is 380 g/mol. The zero-order chi connectivity index (χ0) is 17.5. The van der Waals surface area contributed by atoms with Gasteiger partial charge in [0, 0.05) is 32.1 Å². The summed E-state index contributed by atoms with van der Waals surface area (Å²) in [5.74, 6) is -0.100. The Morgan fingerprint density at radius 2 is 1.79 bits per heavy atom. The molecular formula is C18H15Cl2NO2S. The van der Waals surface area contributed by atoms with E-state index in [1.165, 1.54) is 0 Å². The highest BCUT2D eigenvalue weighted by atomic mass is 35.5. The summed E-state index contributed by atoms with van der Waals surface area (Å²) >= 11 is 13.6. The fraction of sp³-hybridized carbons (Fsp3) is 0.167. The molecule has 0 atom stereocenters. The molecule has 0 saturated carbocycles. The minimum absolute atomic E-state index is 0.100. The second-order valence-electron chi connectivity index (χ2n) is 6.03. The molecule has 6 heteroatoms. The summed E-state index contributed by atoms with van der Waals surface area (Å²) in [6.45, 7) is 4.00. The molecule has 0 radical (unpaired) electrons. The maximum atomic E-state index is 12.6. The van der Waals surface area contributed by atoms with Gasteiger partial charge in [0.1, 0.15) is 5.75 Å². The molecule has 0 amide bonds. The molecule has 3 nitrogen and oxygen atoms in total. The third-order valence-electron chi connectivity index (χ3n) is 3.97. The number of pyridine rings is 1. The van der Waals surface area contributed by atoms with Gasteiger partial charge in [0.25, 0.3) is 5.56 Å². The van der Waals surface area contributed by atoms with E-state index in [2.05, 4.69) is 4.98 Å². The van der Waals surface area contributed by atoms with Gasteiger partial charge in [-0.3, -0.25) is 4.79 Å². The van der Waals surface area contributed by atoms with Crippen molar-refractivity contribution >= 4 is 34.5 Å². The Morgan fingerprint density at radius 3 is 2.33 bits per heavy atom. The lowest BCUT2D eigenvalue weighted by Crippen LogP contribution is -2.24. The maximum Gasteiger partial charge on any atom is 0.259 e. The highest BCUT2D eigenvalue weighted by Crippen LogP contribution is 2.36. The minimum atomic E-state index is -0.421. The first-order valence-electron chi connectivity index (χ1n) is 7.26. The van der Waals surface area contributed by atoms with E-state index in [-0.39, 0.29) is 16.9 Å². The van der Waals surface area contributed by atoms with E-state index in [9.17, 15) is 9.90 Å². The smallest absolute Gasteiger partial charge is 0.259 e. The Bertz CT molecular complexity index is 926. The SMILES string of the molecule is CC(C)(c1cc(O)c(-c2cc(Cl)cc(Cl)c2)c(=O)[nH]1)c1cccs1. The zero-order valence-corrected chi connectivity index (χ0v) is 15.4. The number of aromatic hydroxyl groups is 1. The number of aromatic amines is 1. The van der Waals surface area contributed by atoms with Gasteiger partial charge in [0.15, 0.2) is 0 Å². The van der Waals surface area contributed by atoms with Crippen molar-refractivity contribution in [3.63, 3.8) is 0 Å². The van der Waals surface area contributed by atoms with Crippen LogP contribution in [-0.2, 0) is 5.41 Å². The highest BCUT2D eigenvalue weighted by Gasteiger charge is 2.27. The van der Waals surface area contributed by atoms with Gasteiger partial charge in [-0.2, -0.15) is 0 Å². The predicted octanol–water partition coefficient (Wildman–Crippen LogP) is 5.44. The first-order chi connectivity index (χ1) is 11.3. The van der Waals surface area contributed by atoms with Crippen LogP contribution in [0.25, 0.3) is 11.1 Å². The molecule has 0 aliphatic carbocycles. The van der Waals surface area contributed by atoms with Crippen LogP contribution in [0.1, 0.15) is 24.4 Å². The van der Waals surface area contributed by atoms with Crippen LogP contribution in [0.3, 0.4) is 0 Å². The highest BCUT2D eigenvalue weighted by molar-refractivity contribution is 7.10. The summed E-state index contributed by atoms with van der Waals surface area (Å²) in [5, 5.41) is 13.3. The molecule has 2 aromatic heterocycles. The van der Waals surface area contributed by atoms with Crippen LogP contribution in [0.15, 0.2) is 46.6 Å². The molecule has 1 aromatic carbocycles. The van der Waals surface area contributed by atoms with Gasteiger partial charge in [-0.15, -0.1) is 11.3 Å². The number of nitrogens with one attached hydrogen (secondary N) is 1. The van der Waals surface area contributed by atoms with Crippen molar-refractivity contribution in [2.24, 2.45) is 0 Å². The number of hydrogen-bond donors (Lipinski definition) is 2. The molecular weight excluding hydrogens is 365 g/mol. The second-order valence-corrected chi connectivity index (χ2v) is 7.85. The van der Waals surface area contributed by atoms with Gasteiger partial charge in [-0.1, -0.05) is 29.3 Å². The number of benzene rings is 1. The van der Waals surface area contributed by atoms with E-state index in [1.807, 2.05) is 31.4 Å². The van der Waals surface area contributed by atoms with Gasteiger partial charge >= 0.3 is 0 Å². The Labute approximate surface area is 153 Å². The summed E-state index contributed by atoms with van der Waals surface area (Å²) in [4.78, 5) is 16.6. The van der Waals surface area contributed by atoms with Crippen molar-refractivity contribution < 1.29 is 5.11 Å². The zero-order valence-electron chi connectivity index (χ0n) is 13.1. The Kier molecular flexibility index (Phi) is 4.47. The summed E-state index contributed by atoms with van der Waals surface area (Å²) in [6.07, 6.45) is 0. The standard InChI is InChI=1S/C18H15Cl2NO2S/c1-18(2,15-4-3-5-24-15)14-9-13(22)16(17(23)21-14)10-6-11(19)8-12(20)7-10/h3-9H,1-2H3,(H2,21,22,23). The van der Waals surface area contributed by atoms with Crippen LogP contribution >= 0.6 is 34.5 Å². The number of halogens is 2. The Hall–Kier alpha value is -1.75. The van der Waals surface area contributed by atoms with Crippen molar-refractivity contribution in [3.8, 4) is 16.9 Å². The van der Waals surface area contributed by atoms with E-state index in [0.29, 0.717) is 21.3 Å².